The molecule has 4 nitrogen and oxygen atoms in total. The zero-order valence-electron chi connectivity index (χ0n) is 16.3. The highest BCUT2D eigenvalue weighted by atomic mass is 16.1. The summed E-state index contributed by atoms with van der Waals surface area (Å²) in [5.74, 6) is 0.217. The highest BCUT2D eigenvalue weighted by Gasteiger charge is 2.33. The van der Waals surface area contributed by atoms with Gasteiger partial charge < -0.3 is 11.1 Å². The van der Waals surface area contributed by atoms with E-state index in [4.69, 9.17) is 5.73 Å². The SMILES string of the molecule is Cc1ccccc1CN1CCC(NC(=O)CC2(CN)CCCCC2)CC1. The summed E-state index contributed by atoms with van der Waals surface area (Å²) in [5.41, 5.74) is 8.88. The minimum Gasteiger partial charge on any atom is -0.353 e. The maximum Gasteiger partial charge on any atom is 0.220 e. The van der Waals surface area contributed by atoms with E-state index >= 15 is 0 Å². The molecule has 1 heterocycles. The summed E-state index contributed by atoms with van der Waals surface area (Å²) in [4.78, 5) is 15.1. The molecular weight excluding hydrogens is 322 g/mol. The van der Waals surface area contributed by atoms with Gasteiger partial charge in [-0.25, -0.2) is 0 Å². The largest absolute Gasteiger partial charge is 0.353 e. The molecule has 0 unspecified atom stereocenters. The number of amides is 1. The highest BCUT2D eigenvalue weighted by Crippen LogP contribution is 2.38. The maximum atomic E-state index is 12.6. The Morgan fingerprint density at radius 3 is 2.54 bits per heavy atom. The quantitative estimate of drug-likeness (QED) is 0.820. The van der Waals surface area contributed by atoms with E-state index in [0.29, 0.717) is 19.0 Å². The molecule has 26 heavy (non-hydrogen) atoms. The van der Waals surface area contributed by atoms with Crippen molar-refractivity contribution >= 4 is 5.91 Å². The molecule has 1 aliphatic heterocycles. The molecule has 1 aromatic rings. The van der Waals surface area contributed by atoms with Crippen molar-refractivity contribution in [3.8, 4) is 0 Å². The van der Waals surface area contributed by atoms with Gasteiger partial charge in [0.05, 0.1) is 0 Å². The third kappa shape index (κ3) is 5.08. The molecule has 2 aliphatic rings. The van der Waals surface area contributed by atoms with E-state index in [-0.39, 0.29) is 11.3 Å². The number of rotatable bonds is 6. The van der Waals surface area contributed by atoms with Gasteiger partial charge in [0.25, 0.3) is 0 Å². The van der Waals surface area contributed by atoms with Crippen LogP contribution in [0, 0.1) is 12.3 Å². The van der Waals surface area contributed by atoms with Crippen molar-refractivity contribution < 1.29 is 4.79 Å². The summed E-state index contributed by atoms with van der Waals surface area (Å²) in [5, 5.41) is 3.30. The van der Waals surface area contributed by atoms with E-state index in [0.717, 1.165) is 45.3 Å². The van der Waals surface area contributed by atoms with Crippen LogP contribution in [0.2, 0.25) is 0 Å². The number of aryl methyl sites for hydroxylation is 1. The predicted molar refractivity (Wildman–Crippen MR) is 107 cm³/mol. The Kier molecular flexibility index (Phi) is 6.71. The summed E-state index contributed by atoms with van der Waals surface area (Å²) in [6.07, 6.45) is 8.69. The highest BCUT2D eigenvalue weighted by molar-refractivity contribution is 5.77. The summed E-state index contributed by atoms with van der Waals surface area (Å²) in [7, 11) is 0. The normalized spacial score (nSPS) is 21.5. The first-order valence-electron chi connectivity index (χ1n) is 10.4. The number of nitrogens with zero attached hydrogens (tertiary/aromatic N) is 1. The Hall–Kier alpha value is -1.39. The lowest BCUT2D eigenvalue weighted by molar-refractivity contribution is -0.124. The van der Waals surface area contributed by atoms with Gasteiger partial charge in [-0.1, -0.05) is 43.5 Å². The van der Waals surface area contributed by atoms with Crippen molar-refractivity contribution in [2.75, 3.05) is 19.6 Å². The van der Waals surface area contributed by atoms with Gasteiger partial charge >= 0.3 is 0 Å². The smallest absolute Gasteiger partial charge is 0.220 e. The number of nitrogens with one attached hydrogen (secondary N) is 1. The number of piperidine rings is 1. The second kappa shape index (κ2) is 9.01. The summed E-state index contributed by atoms with van der Waals surface area (Å²) >= 11 is 0. The second-order valence-electron chi connectivity index (χ2n) is 8.49. The lowest BCUT2D eigenvalue weighted by Gasteiger charge is -2.37. The van der Waals surface area contributed by atoms with Gasteiger partial charge in [0.1, 0.15) is 0 Å². The molecule has 1 saturated carbocycles. The van der Waals surface area contributed by atoms with Crippen LogP contribution in [0.15, 0.2) is 24.3 Å². The monoisotopic (exact) mass is 357 g/mol. The molecule has 1 saturated heterocycles. The fourth-order valence-electron chi connectivity index (χ4n) is 4.64. The van der Waals surface area contributed by atoms with Gasteiger partial charge in [0.15, 0.2) is 0 Å². The Balaban J connectivity index is 1.43. The fourth-order valence-corrected chi connectivity index (χ4v) is 4.64. The van der Waals surface area contributed by atoms with E-state index < -0.39 is 0 Å². The zero-order chi connectivity index (χ0) is 18.4. The molecule has 0 bridgehead atoms. The lowest BCUT2D eigenvalue weighted by atomic mass is 9.71. The number of hydrogen-bond donors (Lipinski definition) is 2. The average molecular weight is 358 g/mol. The van der Waals surface area contributed by atoms with E-state index in [1.165, 1.54) is 30.4 Å². The Morgan fingerprint density at radius 2 is 1.88 bits per heavy atom. The molecule has 4 heteroatoms. The molecule has 3 rings (SSSR count). The van der Waals surface area contributed by atoms with Gasteiger partial charge in [-0.3, -0.25) is 9.69 Å². The number of benzene rings is 1. The van der Waals surface area contributed by atoms with Gasteiger partial charge in [0.2, 0.25) is 5.91 Å². The van der Waals surface area contributed by atoms with Crippen LogP contribution in [0.25, 0.3) is 0 Å². The minimum absolute atomic E-state index is 0.0634. The topological polar surface area (TPSA) is 58.4 Å². The number of carbonyl (C=O) groups excluding carboxylic acids is 1. The minimum atomic E-state index is 0.0634. The van der Waals surface area contributed by atoms with E-state index in [1.807, 2.05) is 0 Å². The molecule has 144 valence electrons. The Bertz CT molecular complexity index is 587. The van der Waals surface area contributed by atoms with Crippen LogP contribution in [-0.4, -0.2) is 36.5 Å². The second-order valence-corrected chi connectivity index (χ2v) is 8.49. The molecule has 0 spiro atoms. The van der Waals surface area contributed by atoms with Crippen LogP contribution < -0.4 is 11.1 Å². The lowest BCUT2D eigenvalue weighted by Crippen LogP contribution is -2.46. The molecule has 3 N–H and O–H groups in total. The van der Waals surface area contributed by atoms with Crippen molar-refractivity contribution in [2.24, 2.45) is 11.1 Å². The third-order valence-electron chi connectivity index (χ3n) is 6.49. The number of carbonyl (C=O) groups is 1. The first-order valence-corrected chi connectivity index (χ1v) is 10.4. The molecule has 1 aliphatic carbocycles. The van der Waals surface area contributed by atoms with Crippen molar-refractivity contribution in [2.45, 2.75) is 70.9 Å². The summed E-state index contributed by atoms with van der Waals surface area (Å²) < 4.78 is 0. The third-order valence-corrected chi connectivity index (χ3v) is 6.49. The van der Waals surface area contributed by atoms with Crippen LogP contribution in [0.5, 0.6) is 0 Å². The average Bonchev–Trinajstić information content (AvgIpc) is 2.66. The fraction of sp³-hybridized carbons (Fsp3) is 0.682. The molecule has 0 atom stereocenters. The molecule has 0 aromatic heterocycles. The van der Waals surface area contributed by atoms with Crippen molar-refractivity contribution in [1.29, 1.82) is 0 Å². The zero-order valence-corrected chi connectivity index (χ0v) is 16.3. The number of likely N-dealkylation sites (tertiary alicyclic amines) is 1. The first kappa shape index (κ1) is 19.4. The van der Waals surface area contributed by atoms with Gasteiger partial charge in [-0.2, -0.15) is 0 Å². The van der Waals surface area contributed by atoms with E-state index in [1.54, 1.807) is 0 Å². The van der Waals surface area contributed by atoms with Crippen LogP contribution in [0.1, 0.15) is 62.5 Å². The van der Waals surface area contributed by atoms with Crippen molar-refractivity contribution in [3.63, 3.8) is 0 Å². The van der Waals surface area contributed by atoms with Crippen molar-refractivity contribution in [1.82, 2.24) is 10.2 Å². The van der Waals surface area contributed by atoms with Crippen LogP contribution in [0.3, 0.4) is 0 Å². The number of hydrogen-bond acceptors (Lipinski definition) is 3. The van der Waals surface area contributed by atoms with Crippen LogP contribution >= 0.6 is 0 Å². The van der Waals surface area contributed by atoms with Gasteiger partial charge in [-0.15, -0.1) is 0 Å². The standard InChI is InChI=1S/C22H35N3O/c1-18-7-3-4-8-19(18)16-25-13-9-20(10-14-25)24-21(26)15-22(17-23)11-5-2-6-12-22/h3-4,7-8,20H,2,5-6,9-17,23H2,1H3,(H,24,26). The summed E-state index contributed by atoms with van der Waals surface area (Å²) in [6, 6.07) is 8.95. The van der Waals surface area contributed by atoms with E-state index in [2.05, 4.69) is 41.4 Å². The Labute approximate surface area is 158 Å². The Morgan fingerprint density at radius 1 is 1.19 bits per heavy atom. The number of nitrogens with two attached hydrogens (primary N) is 1. The van der Waals surface area contributed by atoms with Crippen LogP contribution in [0.4, 0.5) is 0 Å². The molecule has 0 radical (unpaired) electrons. The van der Waals surface area contributed by atoms with Crippen molar-refractivity contribution in [3.05, 3.63) is 35.4 Å². The van der Waals surface area contributed by atoms with Crippen LogP contribution in [-0.2, 0) is 11.3 Å². The summed E-state index contributed by atoms with van der Waals surface area (Å²) in [6.45, 7) is 5.96. The molecule has 1 aromatic carbocycles. The van der Waals surface area contributed by atoms with Gasteiger partial charge in [0, 0.05) is 32.1 Å². The molecular formula is C22H35N3O. The first-order chi connectivity index (χ1) is 12.6. The molecule has 2 fully saturated rings. The van der Waals surface area contributed by atoms with Gasteiger partial charge in [-0.05, 0) is 55.7 Å². The van der Waals surface area contributed by atoms with E-state index in [9.17, 15) is 4.79 Å². The predicted octanol–water partition coefficient (Wildman–Crippen LogP) is 3.37. The molecule has 1 amide bonds. The maximum absolute atomic E-state index is 12.6.